The van der Waals surface area contributed by atoms with Gasteiger partial charge in [-0.3, -0.25) is 4.79 Å². The van der Waals surface area contributed by atoms with E-state index in [1.165, 1.54) is 0 Å². The summed E-state index contributed by atoms with van der Waals surface area (Å²) in [7, 11) is 0. The van der Waals surface area contributed by atoms with Gasteiger partial charge in [-0.1, -0.05) is 41.7 Å². The molecule has 1 aromatic heterocycles. The van der Waals surface area contributed by atoms with Crippen LogP contribution in [-0.2, 0) is 10.2 Å². The maximum Gasteiger partial charge on any atom is 0.254 e. The lowest BCUT2D eigenvalue weighted by Gasteiger charge is -2.11. The smallest absolute Gasteiger partial charge is 0.254 e. The third-order valence-corrected chi connectivity index (χ3v) is 2.38. The normalized spacial score (nSPS) is 11.8. The van der Waals surface area contributed by atoms with Crippen molar-refractivity contribution in [2.75, 3.05) is 0 Å². The second-order valence-electron chi connectivity index (χ2n) is 2.83. The molecule has 78 valence electrons. The molecule has 1 rings (SSSR count). The number of hydrogen-bond acceptors (Lipinski definition) is 2. The van der Waals surface area contributed by atoms with Gasteiger partial charge in [-0.15, -0.1) is 0 Å². The number of rotatable bonds is 1. The van der Waals surface area contributed by atoms with Crippen molar-refractivity contribution in [3.63, 3.8) is 0 Å². The van der Waals surface area contributed by atoms with E-state index in [0.717, 1.165) is 0 Å². The van der Waals surface area contributed by atoms with Gasteiger partial charge in [0.15, 0.2) is 5.82 Å². The van der Waals surface area contributed by atoms with E-state index in [4.69, 9.17) is 34.8 Å². The third kappa shape index (κ3) is 2.41. The summed E-state index contributed by atoms with van der Waals surface area (Å²) in [6, 6.07) is 0. The highest BCUT2D eigenvalue weighted by molar-refractivity contribution is 6.66. The minimum Gasteiger partial charge on any atom is -0.307 e. The minimum absolute atomic E-state index is 0.0576. The fourth-order valence-electron chi connectivity index (χ4n) is 1.16. The summed E-state index contributed by atoms with van der Waals surface area (Å²) in [6.45, 7) is 3.59. The highest BCUT2D eigenvalue weighted by Crippen LogP contribution is 2.35. The number of alkyl halides is 3. The first-order valence-electron chi connectivity index (χ1n) is 4.03. The average molecular weight is 256 g/mol. The molecule has 0 bridgehead atoms. The Morgan fingerprint density at radius 3 is 2.36 bits per heavy atom. The highest BCUT2D eigenvalue weighted by atomic mass is 35.6. The zero-order valence-corrected chi connectivity index (χ0v) is 9.96. The van der Waals surface area contributed by atoms with E-state index < -0.39 is 3.79 Å². The van der Waals surface area contributed by atoms with Gasteiger partial charge in [-0.05, 0) is 13.3 Å². The van der Waals surface area contributed by atoms with Crippen molar-refractivity contribution in [1.29, 1.82) is 0 Å². The lowest BCUT2D eigenvalue weighted by Crippen LogP contribution is -2.22. The van der Waals surface area contributed by atoms with E-state index in [9.17, 15) is 4.79 Å². The fraction of sp³-hybridized carbons (Fsp3) is 0.500. The van der Waals surface area contributed by atoms with E-state index in [1.807, 2.05) is 6.92 Å². The molecule has 14 heavy (non-hydrogen) atoms. The zero-order chi connectivity index (χ0) is 10.9. The Morgan fingerprint density at radius 1 is 1.43 bits per heavy atom. The van der Waals surface area contributed by atoms with Crippen LogP contribution >= 0.6 is 34.8 Å². The van der Waals surface area contributed by atoms with Crippen LogP contribution < -0.4 is 5.56 Å². The Balaban J connectivity index is 3.36. The van der Waals surface area contributed by atoms with Crippen molar-refractivity contribution in [3.05, 3.63) is 27.4 Å². The molecule has 0 aliphatic rings. The number of hydrogen-bond donors (Lipinski definition) is 1. The molecule has 0 amide bonds. The molecule has 0 spiro atoms. The quantitative estimate of drug-likeness (QED) is 0.784. The average Bonchev–Trinajstić information content (AvgIpc) is 2.01. The predicted octanol–water partition coefficient (Wildman–Crippen LogP) is 2.47. The van der Waals surface area contributed by atoms with Crippen molar-refractivity contribution < 1.29 is 0 Å². The number of H-pyrrole nitrogens is 1. The summed E-state index contributed by atoms with van der Waals surface area (Å²) >= 11 is 16.8. The van der Waals surface area contributed by atoms with Gasteiger partial charge in [0.2, 0.25) is 3.79 Å². The summed E-state index contributed by atoms with van der Waals surface area (Å²) in [4.78, 5) is 17.9. The molecule has 0 atom stereocenters. The molecule has 0 radical (unpaired) electrons. The first kappa shape index (κ1) is 11.8. The summed E-state index contributed by atoms with van der Waals surface area (Å²) in [5, 5.41) is 0. The van der Waals surface area contributed by atoms with Crippen LogP contribution in [0, 0.1) is 6.92 Å². The molecule has 0 aliphatic carbocycles. The van der Waals surface area contributed by atoms with E-state index in [1.54, 1.807) is 6.92 Å². The second kappa shape index (κ2) is 4.09. The van der Waals surface area contributed by atoms with Crippen molar-refractivity contribution in [2.24, 2.45) is 0 Å². The molecule has 1 heterocycles. The van der Waals surface area contributed by atoms with Gasteiger partial charge >= 0.3 is 0 Å². The van der Waals surface area contributed by atoms with Gasteiger partial charge in [0.1, 0.15) is 0 Å². The van der Waals surface area contributed by atoms with Crippen LogP contribution in [0.4, 0.5) is 0 Å². The molecule has 0 aliphatic heterocycles. The van der Waals surface area contributed by atoms with Gasteiger partial charge in [0, 0.05) is 11.3 Å². The summed E-state index contributed by atoms with van der Waals surface area (Å²) in [5.74, 6) is 0.0576. The molecule has 0 unspecified atom stereocenters. The zero-order valence-electron chi connectivity index (χ0n) is 7.70. The standard InChI is InChI=1S/C8H9Cl3N2O/c1-3-5-4(2)12-7(8(9,10)11)13-6(5)14/h3H2,1-2H3,(H,12,13,14). The van der Waals surface area contributed by atoms with Crippen molar-refractivity contribution >= 4 is 34.8 Å². The number of halogens is 3. The van der Waals surface area contributed by atoms with E-state index >= 15 is 0 Å². The van der Waals surface area contributed by atoms with Gasteiger partial charge in [0.25, 0.3) is 5.56 Å². The van der Waals surface area contributed by atoms with Gasteiger partial charge < -0.3 is 4.98 Å². The second-order valence-corrected chi connectivity index (χ2v) is 5.11. The molecule has 6 heteroatoms. The molecular formula is C8H9Cl3N2O. The van der Waals surface area contributed by atoms with Crippen LogP contribution in [0.2, 0.25) is 0 Å². The van der Waals surface area contributed by atoms with E-state index in [0.29, 0.717) is 17.7 Å². The summed E-state index contributed by atoms with van der Waals surface area (Å²) in [5.41, 5.74) is 0.960. The van der Waals surface area contributed by atoms with Crippen molar-refractivity contribution in [1.82, 2.24) is 9.97 Å². The van der Waals surface area contributed by atoms with Gasteiger partial charge in [-0.25, -0.2) is 4.98 Å². The van der Waals surface area contributed by atoms with Crippen molar-refractivity contribution in [2.45, 2.75) is 24.1 Å². The fourth-order valence-corrected chi connectivity index (χ4v) is 1.43. The molecule has 1 N–H and O–H groups in total. The number of aromatic nitrogens is 2. The largest absolute Gasteiger partial charge is 0.307 e. The van der Waals surface area contributed by atoms with Crippen LogP contribution in [0.25, 0.3) is 0 Å². The number of nitrogens with one attached hydrogen (secondary N) is 1. The summed E-state index contributed by atoms with van der Waals surface area (Å²) in [6.07, 6.45) is 0.605. The lowest BCUT2D eigenvalue weighted by molar-refractivity contribution is 0.876. The Kier molecular flexibility index (Phi) is 3.45. The van der Waals surface area contributed by atoms with Crippen LogP contribution in [0.5, 0.6) is 0 Å². The van der Waals surface area contributed by atoms with E-state index in [2.05, 4.69) is 9.97 Å². The van der Waals surface area contributed by atoms with E-state index in [-0.39, 0.29) is 11.4 Å². The van der Waals surface area contributed by atoms with Crippen LogP contribution in [0.15, 0.2) is 4.79 Å². The number of nitrogens with zero attached hydrogens (tertiary/aromatic N) is 1. The lowest BCUT2D eigenvalue weighted by atomic mass is 10.2. The predicted molar refractivity (Wildman–Crippen MR) is 58.2 cm³/mol. The minimum atomic E-state index is -1.68. The molecular weight excluding hydrogens is 246 g/mol. The first-order valence-corrected chi connectivity index (χ1v) is 5.16. The topological polar surface area (TPSA) is 45.8 Å². The van der Waals surface area contributed by atoms with Gasteiger partial charge in [-0.2, -0.15) is 0 Å². The maximum absolute atomic E-state index is 11.5. The van der Waals surface area contributed by atoms with Crippen LogP contribution in [0.3, 0.4) is 0 Å². The number of aryl methyl sites for hydroxylation is 1. The number of aromatic amines is 1. The molecule has 0 aromatic carbocycles. The van der Waals surface area contributed by atoms with Crippen LogP contribution in [0.1, 0.15) is 24.0 Å². The van der Waals surface area contributed by atoms with Crippen LogP contribution in [-0.4, -0.2) is 9.97 Å². The first-order chi connectivity index (χ1) is 6.36. The monoisotopic (exact) mass is 254 g/mol. The molecule has 3 nitrogen and oxygen atoms in total. The Hall–Kier alpha value is -0.250. The molecule has 0 saturated carbocycles. The molecule has 0 saturated heterocycles. The van der Waals surface area contributed by atoms with Gasteiger partial charge in [0.05, 0.1) is 0 Å². The SMILES string of the molecule is CCc1c(C)nc(C(Cl)(Cl)Cl)[nH]c1=O. The Bertz CT molecular complexity index is 395. The highest BCUT2D eigenvalue weighted by Gasteiger charge is 2.26. The Morgan fingerprint density at radius 2 is 2.00 bits per heavy atom. The molecule has 1 aromatic rings. The Labute approximate surface area is 96.4 Å². The molecule has 0 fully saturated rings. The third-order valence-electron chi connectivity index (χ3n) is 1.84. The maximum atomic E-state index is 11.5. The van der Waals surface area contributed by atoms with Crippen molar-refractivity contribution in [3.8, 4) is 0 Å². The summed E-state index contributed by atoms with van der Waals surface area (Å²) < 4.78 is -1.68.